The predicted octanol–water partition coefficient (Wildman–Crippen LogP) is 3.14. The Morgan fingerprint density at radius 3 is 2.52 bits per heavy atom. The van der Waals surface area contributed by atoms with Gasteiger partial charge in [-0.3, -0.25) is 4.79 Å². The molecule has 2 aromatic carbocycles. The van der Waals surface area contributed by atoms with Crippen molar-refractivity contribution < 1.29 is 4.79 Å². The van der Waals surface area contributed by atoms with Gasteiger partial charge in [-0.05, 0) is 50.3 Å². The summed E-state index contributed by atoms with van der Waals surface area (Å²) in [6.07, 6.45) is 2.92. The molecule has 1 saturated heterocycles. The van der Waals surface area contributed by atoms with E-state index in [9.17, 15) is 4.79 Å². The highest BCUT2D eigenvalue weighted by molar-refractivity contribution is 6.31. The molecule has 1 fully saturated rings. The summed E-state index contributed by atoms with van der Waals surface area (Å²) in [6.45, 7) is 6.82. The number of likely N-dealkylation sites (N-methyl/N-ethyl adjacent to an activating group) is 1. The Balaban J connectivity index is 1.24. The van der Waals surface area contributed by atoms with E-state index in [-0.39, 0.29) is 5.91 Å². The number of para-hydroxylation sites is 1. The van der Waals surface area contributed by atoms with Gasteiger partial charge < -0.3 is 25.8 Å². The van der Waals surface area contributed by atoms with Crippen molar-refractivity contribution in [3.05, 3.63) is 60.3 Å². The average molecular weight is 392 g/mol. The molecule has 152 valence electrons. The van der Waals surface area contributed by atoms with Crippen molar-refractivity contribution >= 4 is 28.5 Å². The molecule has 2 aliphatic rings. The highest BCUT2D eigenvalue weighted by atomic mass is 16.2. The van der Waals surface area contributed by atoms with E-state index >= 15 is 0 Å². The molecular formula is C23H29N5O. The minimum Gasteiger partial charge on any atom is -0.385 e. The van der Waals surface area contributed by atoms with Gasteiger partial charge in [0.2, 0.25) is 0 Å². The first-order chi connectivity index (χ1) is 14.2. The fourth-order valence-electron chi connectivity index (χ4n) is 3.73. The second-order valence-corrected chi connectivity index (χ2v) is 7.70. The molecule has 29 heavy (non-hydrogen) atoms. The maximum absolute atomic E-state index is 12.1. The Morgan fingerprint density at radius 1 is 1.00 bits per heavy atom. The van der Waals surface area contributed by atoms with E-state index in [0.717, 1.165) is 42.1 Å². The SMILES string of the molecule is CN1CCN(CCCNc2ccc(NC=C3C(=O)Nc4ccccc43)cc2)CC1. The van der Waals surface area contributed by atoms with E-state index < -0.39 is 0 Å². The van der Waals surface area contributed by atoms with Crippen molar-refractivity contribution in [2.45, 2.75) is 6.42 Å². The summed E-state index contributed by atoms with van der Waals surface area (Å²) in [7, 11) is 2.19. The first-order valence-corrected chi connectivity index (χ1v) is 10.3. The second kappa shape index (κ2) is 9.11. The lowest BCUT2D eigenvalue weighted by molar-refractivity contribution is -0.110. The summed E-state index contributed by atoms with van der Waals surface area (Å²) < 4.78 is 0. The molecule has 2 aromatic rings. The lowest BCUT2D eigenvalue weighted by atomic mass is 10.1. The molecule has 2 aliphatic heterocycles. The molecule has 0 radical (unpaired) electrons. The van der Waals surface area contributed by atoms with Crippen molar-refractivity contribution in [2.24, 2.45) is 0 Å². The van der Waals surface area contributed by atoms with E-state index in [1.54, 1.807) is 6.20 Å². The quantitative estimate of drug-likeness (QED) is 0.500. The summed E-state index contributed by atoms with van der Waals surface area (Å²) in [5.41, 5.74) is 4.53. The number of nitrogens with one attached hydrogen (secondary N) is 3. The lowest BCUT2D eigenvalue weighted by Gasteiger charge is -2.32. The summed E-state index contributed by atoms with van der Waals surface area (Å²) in [5.74, 6) is -0.0719. The van der Waals surface area contributed by atoms with Crippen LogP contribution in [0.1, 0.15) is 12.0 Å². The summed E-state index contributed by atoms with van der Waals surface area (Å²) in [6, 6.07) is 15.9. The molecule has 0 spiro atoms. The molecule has 6 nitrogen and oxygen atoms in total. The van der Waals surface area contributed by atoms with Crippen LogP contribution in [0, 0.1) is 0 Å². The van der Waals surface area contributed by atoms with Gasteiger partial charge in [-0.15, -0.1) is 0 Å². The molecule has 2 heterocycles. The van der Waals surface area contributed by atoms with Gasteiger partial charge in [0, 0.05) is 61.5 Å². The molecule has 0 unspecified atom stereocenters. The molecule has 1 amide bonds. The van der Waals surface area contributed by atoms with Crippen LogP contribution >= 0.6 is 0 Å². The minimum atomic E-state index is -0.0719. The van der Waals surface area contributed by atoms with Crippen LogP contribution in [0.5, 0.6) is 0 Å². The first-order valence-electron chi connectivity index (χ1n) is 10.3. The molecule has 0 atom stereocenters. The highest BCUT2D eigenvalue weighted by Crippen LogP contribution is 2.31. The summed E-state index contributed by atoms with van der Waals surface area (Å²) >= 11 is 0. The van der Waals surface area contributed by atoms with Crippen LogP contribution in [0.4, 0.5) is 17.1 Å². The Bertz CT molecular complexity index is 869. The van der Waals surface area contributed by atoms with Crippen LogP contribution in [-0.2, 0) is 4.79 Å². The van der Waals surface area contributed by atoms with Crippen LogP contribution in [0.15, 0.2) is 54.7 Å². The van der Waals surface area contributed by atoms with Crippen LogP contribution in [0.2, 0.25) is 0 Å². The zero-order chi connectivity index (χ0) is 20.1. The zero-order valence-corrected chi connectivity index (χ0v) is 16.9. The zero-order valence-electron chi connectivity index (χ0n) is 16.9. The van der Waals surface area contributed by atoms with Gasteiger partial charge in [0.15, 0.2) is 0 Å². The van der Waals surface area contributed by atoms with Crippen molar-refractivity contribution in [3.8, 4) is 0 Å². The maximum atomic E-state index is 12.1. The molecule has 0 aromatic heterocycles. The summed E-state index contributed by atoms with van der Waals surface area (Å²) in [4.78, 5) is 17.1. The monoisotopic (exact) mass is 391 g/mol. The molecule has 6 heteroatoms. The first kappa shape index (κ1) is 19.5. The number of benzene rings is 2. The van der Waals surface area contributed by atoms with Gasteiger partial charge in [-0.25, -0.2) is 0 Å². The number of hydrogen-bond acceptors (Lipinski definition) is 5. The Kier molecular flexibility index (Phi) is 6.12. The van der Waals surface area contributed by atoms with Gasteiger partial charge in [0.05, 0.1) is 5.57 Å². The molecular weight excluding hydrogens is 362 g/mol. The van der Waals surface area contributed by atoms with Gasteiger partial charge >= 0.3 is 0 Å². The van der Waals surface area contributed by atoms with Gasteiger partial charge in [0.1, 0.15) is 0 Å². The van der Waals surface area contributed by atoms with E-state index in [2.05, 4.69) is 44.9 Å². The Labute approximate surface area is 172 Å². The fraction of sp³-hybridized carbons (Fsp3) is 0.348. The topological polar surface area (TPSA) is 59.6 Å². The standard InChI is InChI=1S/C23H29N5O/c1-27-13-15-28(16-14-27)12-4-11-24-18-7-9-19(10-8-18)25-17-21-20-5-2-3-6-22(20)26-23(21)29/h2-3,5-10,17,24-25H,4,11-16H2,1H3,(H,26,29). The number of hydrogen-bond donors (Lipinski definition) is 3. The largest absolute Gasteiger partial charge is 0.385 e. The molecule has 3 N–H and O–H groups in total. The van der Waals surface area contributed by atoms with Crippen molar-refractivity contribution in [3.63, 3.8) is 0 Å². The number of carbonyl (C=O) groups is 1. The van der Waals surface area contributed by atoms with E-state index in [1.807, 2.05) is 36.4 Å². The Morgan fingerprint density at radius 2 is 1.72 bits per heavy atom. The van der Waals surface area contributed by atoms with Crippen molar-refractivity contribution in [1.29, 1.82) is 0 Å². The van der Waals surface area contributed by atoms with Gasteiger partial charge in [-0.2, -0.15) is 0 Å². The smallest absolute Gasteiger partial charge is 0.257 e. The third-order valence-electron chi connectivity index (χ3n) is 5.55. The van der Waals surface area contributed by atoms with E-state index in [0.29, 0.717) is 5.57 Å². The average Bonchev–Trinajstić information content (AvgIpc) is 3.07. The van der Waals surface area contributed by atoms with Crippen LogP contribution in [0.25, 0.3) is 5.57 Å². The van der Waals surface area contributed by atoms with E-state index in [1.165, 1.54) is 26.2 Å². The van der Waals surface area contributed by atoms with Gasteiger partial charge in [0.25, 0.3) is 5.91 Å². The number of carbonyl (C=O) groups excluding carboxylic acids is 1. The maximum Gasteiger partial charge on any atom is 0.257 e. The molecule has 0 aliphatic carbocycles. The van der Waals surface area contributed by atoms with E-state index in [4.69, 9.17) is 0 Å². The molecule has 0 saturated carbocycles. The van der Waals surface area contributed by atoms with Gasteiger partial charge in [-0.1, -0.05) is 18.2 Å². The summed E-state index contributed by atoms with van der Waals surface area (Å²) in [5, 5.41) is 9.62. The number of piperazine rings is 1. The third kappa shape index (κ3) is 4.96. The lowest BCUT2D eigenvalue weighted by Crippen LogP contribution is -2.44. The van der Waals surface area contributed by atoms with Crippen LogP contribution in [-0.4, -0.2) is 62.0 Å². The van der Waals surface area contributed by atoms with Crippen molar-refractivity contribution in [2.75, 3.05) is 62.3 Å². The predicted molar refractivity (Wildman–Crippen MR) is 120 cm³/mol. The number of anilines is 3. The normalized spacial score (nSPS) is 18.5. The third-order valence-corrected chi connectivity index (χ3v) is 5.55. The fourth-order valence-corrected chi connectivity index (χ4v) is 3.73. The molecule has 0 bridgehead atoms. The van der Waals surface area contributed by atoms with Crippen LogP contribution in [0.3, 0.4) is 0 Å². The second-order valence-electron chi connectivity index (χ2n) is 7.70. The number of rotatable bonds is 7. The number of nitrogens with zero attached hydrogens (tertiary/aromatic N) is 2. The minimum absolute atomic E-state index is 0.0719. The highest BCUT2D eigenvalue weighted by Gasteiger charge is 2.23. The Hall–Kier alpha value is -2.83. The van der Waals surface area contributed by atoms with Crippen LogP contribution < -0.4 is 16.0 Å². The number of amides is 1. The number of fused-ring (bicyclic) bond motifs is 1. The van der Waals surface area contributed by atoms with Crippen molar-refractivity contribution in [1.82, 2.24) is 9.80 Å². The molecule has 4 rings (SSSR count).